The maximum absolute atomic E-state index is 11.8. The van der Waals surface area contributed by atoms with Crippen molar-refractivity contribution in [2.45, 2.75) is 26.5 Å². The first-order valence-corrected chi connectivity index (χ1v) is 6.97. The van der Waals surface area contributed by atoms with Gasteiger partial charge in [0, 0.05) is 18.1 Å². The van der Waals surface area contributed by atoms with Crippen LogP contribution in [0.4, 0.5) is 0 Å². The molecule has 5 heteroatoms. The second-order valence-electron chi connectivity index (χ2n) is 4.29. The van der Waals surface area contributed by atoms with Crippen LogP contribution in [0.5, 0.6) is 0 Å². The van der Waals surface area contributed by atoms with Crippen molar-refractivity contribution in [1.29, 1.82) is 0 Å². The molecule has 0 aliphatic rings. The lowest BCUT2D eigenvalue weighted by molar-refractivity contribution is -0.132. The van der Waals surface area contributed by atoms with Crippen LogP contribution in [0, 0.1) is 6.92 Å². The van der Waals surface area contributed by atoms with Gasteiger partial charge in [0.15, 0.2) is 0 Å². The number of carbonyl (C=O) groups is 1. The standard InChI is InChI=1S/C14H20BrNO3/c1-10-8-13(15)5-4-12(10)9-16-14(17)11(2)19-7-6-18-3/h4-5,8,11H,6-7,9H2,1-3H3,(H,16,17). The molecule has 1 atom stereocenters. The van der Waals surface area contributed by atoms with Crippen LogP contribution in [0.15, 0.2) is 22.7 Å². The third-order valence-corrected chi connectivity index (χ3v) is 3.28. The summed E-state index contributed by atoms with van der Waals surface area (Å²) in [5.74, 6) is -0.113. The largest absolute Gasteiger partial charge is 0.382 e. The molecule has 4 nitrogen and oxygen atoms in total. The van der Waals surface area contributed by atoms with E-state index < -0.39 is 6.10 Å². The van der Waals surface area contributed by atoms with E-state index in [1.165, 1.54) is 0 Å². The quantitative estimate of drug-likeness (QED) is 0.781. The van der Waals surface area contributed by atoms with Crippen LogP contribution in [0.25, 0.3) is 0 Å². The number of halogens is 1. The third-order valence-electron chi connectivity index (χ3n) is 2.78. The molecule has 1 aromatic carbocycles. The number of nitrogens with one attached hydrogen (secondary N) is 1. The Morgan fingerprint density at radius 3 is 2.79 bits per heavy atom. The molecule has 1 aromatic rings. The minimum atomic E-state index is -0.467. The number of rotatable bonds is 7. The normalized spacial score (nSPS) is 12.2. The van der Waals surface area contributed by atoms with Crippen molar-refractivity contribution < 1.29 is 14.3 Å². The topological polar surface area (TPSA) is 47.6 Å². The Morgan fingerprint density at radius 2 is 2.16 bits per heavy atom. The van der Waals surface area contributed by atoms with Gasteiger partial charge in [0.25, 0.3) is 0 Å². The fourth-order valence-electron chi connectivity index (χ4n) is 1.57. The molecular weight excluding hydrogens is 310 g/mol. The number of hydrogen-bond donors (Lipinski definition) is 1. The van der Waals surface area contributed by atoms with Crippen molar-refractivity contribution in [3.63, 3.8) is 0 Å². The summed E-state index contributed by atoms with van der Waals surface area (Å²) in [7, 11) is 1.60. The van der Waals surface area contributed by atoms with E-state index in [0.29, 0.717) is 19.8 Å². The highest BCUT2D eigenvalue weighted by atomic mass is 79.9. The maximum atomic E-state index is 11.8. The van der Waals surface area contributed by atoms with E-state index in [0.717, 1.165) is 15.6 Å². The van der Waals surface area contributed by atoms with Gasteiger partial charge in [-0.25, -0.2) is 0 Å². The van der Waals surface area contributed by atoms with Crippen LogP contribution in [-0.4, -0.2) is 32.3 Å². The molecule has 19 heavy (non-hydrogen) atoms. The summed E-state index contributed by atoms with van der Waals surface area (Å²) in [4.78, 5) is 11.8. The highest BCUT2D eigenvalue weighted by Crippen LogP contribution is 2.15. The summed E-state index contributed by atoms with van der Waals surface area (Å²) >= 11 is 3.42. The van der Waals surface area contributed by atoms with Crippen LogP contribution < -0.4 is 5.32 Å². The van der Waals surface area contributed by atoms with Crippen molar-refractivity contribution in [3.05, 3.63) is 33.8 Å². The van der Waals surface area contributed by atoms with Gasteiger partial charge in [-0.1, -0.05) is 22.0 Å². The molecule has 0 heterocycles. The van der Waals surface area contributed by atoms with E-state index in [4.69, 9.17) is 9.47 Å². The van der Waals surface area contributed by atoms with Gasteiger partial charge >= 0.3 is 0 Å². The van der Waals surface area contributed by atoms with Crippen molar-refractivity contribution in [3.8, 4) is 0 Å². The summed E-state index contributed by atoms with van der Waals surface area (Å²) in [6.45, 7) is 5.17. The highest BCUT2D eigenvalue weighted by molar-refractivity contribution is 9.10. The number of aryl methyl sites for hydroxylation is 1. The van der Waals surface area contributed by atoms with Crippen molar-refractivity contribution >= 4 is 21.8 Å². The van der Waals surface area contributed by atoms with Gasteiger partial charge in [0.2, 0.25) is 5.91 Å². The second-order valence-corrected chi connectivity index (χ2v) is 5.21. The van der Waals surface area contributed by atoms with Gasteiger partial charge in [-0.3, -0.25) is 4.79 Å². The molecule has 0 spiro atoms. The van der Waals surface area contributed by atoms with Crippen molar-refractivity contribution in [2.24, 2.45) is 0 Å². The molecule has 0 radical (unpaired) electrons. The first kappa shape index (κ1) is 16.1. The van der Waals surface area contributed by atoms with Gasteiger partial charge in [-0.2, -0.15) is 0 Å². The second kappa shape index (κ2) is 8.30. The minimum absolute atomic E-state index is 0.113. The Labute approximate surface area is 122 Å². The van der Waals surface area contributed by atoms with Crippen LogP contribution in [0.3, 0.4) is 0 Å². The zero-order chi connectivity index (χ0) is 14.3. The lowest BCUT2D eigenvalue weighted by Crippen LogP contribution is -2.34. The summed E-state index contributed by atoms with van der Waals surface area (Å²) < 4.78 is 11.2. The van der Waals surface area contributed by atoms with E-state index >= 15 is 0 Å². The number of benzene rings is 1. The molecule has 1 N–H and O–H groups in total. The molecule has 0 saturated heterocycles. The van der Waals surface area contributed by atoms with Crippen LogP contribution in [-0.2, 0) is 20.8 Å². The molecule has 0 aromatic heterocycles. The van der Waals surface area contributed by atoms with Gasteiger partial charge in [-0.05, 0) is 37.1 Å². The lowest BCUT2D eigenvalue weighted by Gasteiger charge is -2.14. The predicted molar refractivity (Wildman–Crippen MR) is 78.0 cm³/mol. The molecule has 1 rings (SSSR count). The lowest BCUT2D eigenvalue weighted by atomic mass is 10.1. The molecule has 0 aliphatic carbocycles. The molecule has 106 valence electrons. The molecule has 0 bridgehead atoms. The van der Waals surface area contributed by atoms with E-state index in [-0.39, 0.29) is 5.91 Å². The van der Waals surface area contributed by atoms with Crippen LogP contribution >= 0.6 is 15.9 Å². The number of ether oxygens (including phenoxy) is 2. The summed E-state index contributed by atoms with van der Waals surface area (Å²) in [5, 5.41) is 2.87. The van der Waals surface area contributed by atoms with Gasteiger partial charge in [0.1, 0.15) is 6.10 Å². The first-order chi connectivity index (χ1) is 9.04. The van der Waals surface area contributed by atoms with Crippen molar-refractivity contribution in [1.82, 2.24) is 5.32 Å². The number of amides is 1. The third kappa shape index (κ3) is 5.72. The Balaban J connectivity index is 2.40. The summed E-state index contributed by atoms with van der Waals surface area (Å²) in [6, 6.07) is 5.99. The van der Waals surface area contributed by atoms with Crippen LogP contribution in [0.2, 0.25) is 0 Å². The van der Waals surface area contributed by atoms with E-state index in [9.17, 15) is 4.79 Å². The summed E-state index contributed by atoms with van der Waals surface area (Å²) in [5.41, 5.74) is 2.24. The molecule has 1 amide bonds. The fraction of sp³-hybridized carbons (Fsp3) is 0.500. The van der Waals surface area contributed by atoms with E-state index in [1.807, 2.05) is 25.1 Å². The van der Waals surface area contributed by atoms with Gasteiger partial charge in [0.05, 0.1) is 13.2 Å². The highest BCUT2D eigenvalue weighted by Gasteiger charge is 2.12. The van der Waals surface area contributed by atoms with E-state index in [1.54, 1.807) is 14.0 Å². The fourth-order valence-corrected chi connectivity index (χ4v) is 2.04. The number of hydrogen-bond acceptors (Lipinski definition) is 3. The van der Waals surface area contributed by atoms with Gasteiger partial charge < -0.3 is 14.8 Å². The van der Waals surface area contributed by atoms with Crippen LogP contribution in [0.1, 0.15) is 18.1 Å². The monoisotopic (exact) mass is 329 g/mol. The molecule has 0 saturated carbocycles. The SMILES string of the molecule is COCCOC(C)C(=O)NCc1ccc(Br)cc1C. The molecular formula is C14H20BrNO3. The number of methoxy groups -OCH3 is 1. The Kier molecular flexibility index (Phi) is 7.05. The first-order valence-electron chi connectivity index (χ1n) is 6.18. The Hall–Kier alpha value is -0.910. The average Bonchev–Trinajstić information content (AvgIpc) is 2.37. The zero-order valence-corrected chi connectivity index (χ0v) is 13.1. The molecule has 0 fully saturated rings. The predicted octanol–water partition coefficient (Wildman–Crippen LogP) is 2.43. The van der Waals surface area contributed by atoms with E-state index in [2.05, 4.69) is 21.2 Å². The van der Waals surface area contributed by atoms with Gasteiger partial charge in [-0.15, -0.1) is 0 Å². The van der Waals surface area contributed by atoms with Crippen molar-refractivity contribution in [2.75, 3.05) is 20.3 Å². The Morgan fingerprint density at radius 1 is 1.42 bits per heavy atom. The number of carbonyl (C=O) groups excluding carboxylic acids is 1. The smallest absolute Gasteiger partial charge is 0.249 e. The zero-order valence-electron chi connectivity index (χ0n) is 11.5. The Bertz CT molecular complexity index is 423. The molecule has 1 unspecified atom stereocenters. The maximum Gasteiger partial charge on any atom is 0.249 e. The summed E-state index contributed by atoms with van der Waals surface area (Å²) in [6.07, 6.45) is -0.467. The minimum Gasteiger partial charge on any atom is -0.382 e. The average molecular weight is 330 g/mol. The molecule has 0 aliphatic heterocycles.